The van der Waals surface area contributed by atoms with E-state index >= 15 is 0 Å². The molecule has 0 radical (unpaired) electrons. The number of carboxylic acid groups (broad SMARTS) is 3. The molecule has 1 aliphatic heterocycles. The predicted octanol–water partition coefficient (Wildman–Crippen LogP) is 3.80. The number of hydrogen-bond acceptors (Lipinski definition) is 20. The average molecular weight is 1450 g/mol. The minimum atomic E-state index is -1.88. The van der Waals surface area contributed by atoms with Crippen molar-refractivity contribution in [2.75, 3.05) is 52.2 Å². The summed E-state index contributed by atoms with van der Waals surface area (Å²) in [5.41, 5.74) is 16.5. The molecule has 0 saturated carbocycles. The number of guanidine groups is 1. The molecule has 36 heteroatoms. The zero-order chi connectivity index (χ0) is 72.9. The van der Waals surface area contributed by atoms with Crippen molar-refractivity contribution in [1.82, 2.24) is 61.4 Å². The lowest BCUT2D eigenvalue weighted by molar-refractivity contribution is -0.143. The zero-order valence-corrected chi connectivity index (χ0v) is 56.2. The molecule has 33 nitrogen and oxygen atoms in total. The Kier molecular flexibility index (Phi) is 23.7. The summed E-state index contributed by atoms with van der Waals surface area (Å²) in [7, 11) is 2.09. The standard InChI is InChI=1S/C66H69ClN18O15S2/c67-26-34-29-85(49-25-50(86)39-4-1-2-5-40(39)54(34)49)62(96)47-23-33-21-37(12-14-42(33)78-47)76-59(93)45-22-32-20-36(11-13-41(32)77-45)74-52(88)17-19-101-102-30-48(64(99)100)82-60(94)46(24-53(89)90)81-58(92)43(6-3-18-71-65(68)69)79-51(87)16-15-44(63(97)98)80-57(91)31-7-9-35(10-8-31)72-27-38-28-73-56-55(75-38)61(95)84-66(70)83-56/h1-2,4-5,7-14,20-23,25,28,34,43-44,46,48,50,54,72,77-78,86H,3,6,15-19,24,26-27,29-30H2,(H,74,88)(H,76,93)(H,79,87)(H,80,91)(H,81,92)(H,82,94)(H,89,90)(H,97,98)(H,99,100)(H4,68,69,71)(H3,70,73,83,84,95)/t34?,43-,44-,46-,48?,50?,54?/m1/s1. The number of allylic oxidation sites excluding steroid dienone is 1. The van der Waals surface area contributed by atoms with Crippen LogP contribution in [0.25, 0.3) is 33.0 Å². The van der Waals surface area contributed by atoms with E-state index in [1.165, 1.54) is 30.5 Å². The molecule has 0 bridgehead atoms. The minimum absolute atomic E-state index is 0.0216. The lowest BCUT2D eigenvalue weighted by Crippen LogP contribution is -2.56. The summed E-state index contributed by atoms with van der Waals surface area (Å²) >= 11 is 6.44. The lowest BCUT2D eigenvalue weighted by atomic mass is 9.80. The molecule has 20 N–H and O–H groups in total. The van der Waals surface area contributed by atoms with Crippen LogP contribution in [-0.2, 0) is 40.1 Å². The van der Waals surface area contributed by atoms with Gasteiger partial charge >= 0.3 is 17.9 Å². The van der Waals surface area contributed by atoms with E-state index in [9.17, 15) is 73.2 Å². The quantitative estimate of drug-likeness (QED) is 0.00937. The molecule has 4 unspecified atom stereocenters. The molecular weight excluding hydrogens is 1380 g/mol. The number of nitrogens with two attached hydrogens (primary N) is 2. The third kappa shape index (κ3) is 18.5. The van der Waals surface area contributed by atoms with Crippen LogP contribution in [0.2, 0.25) is 0 Å². The van der Waals surface area contributed by atoms with Crippen molar-refractivity contribution in [2.45, 2.75) is 81.3 Å². The number of anilines is 4. The van der Waals surface area contributed by atoms with Gasteiger partial charge in [0.1, 0.15) is 35.6 Å². The van der Waals surface area contributed by atoms with Crippen LogP contribution in [0.15, 0.2) is 120 Å². The predicted molar refractivity (Wildman–Crippen MR) is 379 cm³/mol. The van der Waals surface area contributed by atoms with Gasteiger partial charge in [-0.15, -0.1) is 11.6 Å². The van der Waals surface area contributed by atoms with E-state index in [1.54, 1.807) is 59.5 Å². The van der Waals surface area contributed by atoms with E-state index in [0.29, 0.717) is 68.4 Å². The van der Waals surface area contributed by atoms with E-state index in [1.807, 2.05) is 24.3 Å². The summed E-state index contributed by atoms with van der Waals surface area (Å²) in [5.74, 6) is -10.2. The van der Waals surface area contributed by atoms with Gasteiger partial charge in [-0.3, -0.25) is 53.5 Å². The van der Waals surface area contributed by atoms with Crippen LogP contribution in [-0.4, -0.2) is 175 Å². The van der Waals surface area contributed by atoms with Gasteiger partial charge in [0.2, 0.25) is 29.6 Å². The first-order valence-corrected chi connectivity index (χ1v) is 34.7. The normalized spacial score (nSPS) is 15.7. The van der Waals surface area contributed by atoms with Crippen LogP contribution >= 0.6 is 33.2 Å². The Hall–Kier alpha value is -11.6. The molecule has 7 amide bonds. The summed E-state index contributed by atoms with van der Waals surface area (Å²) in [4.78, 5) is 166. The highest BCUT2D eigenvalue weighted by Gasteiger charge is 2.44. The van der Waals surface area contributed by atoms with Crippen molar-refractivity contribution in [3.63, 3.8) is 0 Å². The number of fused-ring (bicyclic) bond motifs is 6. The number of alkyl halides is 1. The number of hydrogen-bond donors (Lipinski definition) is 18. The van der Waals surface area contributed by atoms with Crippen molar-refractivity contribution in [3.8, 4) is 0 Å². The number of likely N-dealkylation sites (tertiary alicyclic amines) is 1. The molecule has 532 valence electrons. The summed E-state index contributed by atoms with van der Waals surface area (Å²) in [5, 5.41) is 70.1. The number of benzene rings is 4. The molecule has 4 aromatic carbocycles. The highest BCUT2D eigenvalue weighted by Crippen LogP contribution is 2.48. The lowest BCUT2D eigenvalue weighted by Gasteiger charge is -2.29. The van der Waals surface area contributed by atoms with Gasteiger partial charge in [-0.2, -0.15) is 4.98 Å². The Morgan fingerprint density at radius 2 is 1.36 bits per heavy atom. The number of amides is 7. The Morgan fingerprint density at radius 3 is 2.05 bits per heavy atom. The second kappa shape index (κ2) is 33.1. The fourth-order valence-electron chi connectivity index (χ4n) is 11.6. The van der Waals surface area contributed by atoms with Crippen LogP contribution in [0.4, 0.5) is 23.0 Å². The molecule has 1 aliphatic carbocycles. The number of rotatable bonds is 32. The van der Waals surface area contributed by atoms with Crippen molar-refractivity contribution in [2.24, 2.45) is 11.7 Å². The van der Waals surface area contributed by atoms with Gasteiger partial charge in [0, 0.05) is 105 Å². The van der Waals surface area contributed by atoms with Gasteiger partial charge in [0.25, 0.3) is 23.3 Å². The first kappa shape index (κ1) is 73.2. The molecule has 1 fully saturated rings. The molecule has 5 heterocycles. The third-order valence-corrected chi connectivity index (χ3v) is 19.4. The number of nitrogen functional groups attached to an aromatic ring is 1. The van der Waals surface area contributed by atoms with E-state index in [4.69, 9.17) is 28.5 Å². The number of aromatic amines is 3. The summed E-state index contributed by atoms with van der Waals surface area (Å²) in [6, 6.07) is 20.3. The number of aliphatic hydroxyl groups is 1. The molecule has 0 spiro atoms. The molecule has 1 saturated heterocycles. The Bertz CT molecular complexity index is 4680. The molecule has 2 aliphatic rings. The largest absolute Gasteiger partial charge is 0.481 e. The maximum absolute atomic E-state index is 14.1. The second-order valence-corrected chi connectivity index (χ2v) is 26.7. The average Bonchev–Trinajstić information content (AvgIpc) is 1.58. The van der Waals surface area contributed by atoms with Gasteiger partial charge in [-0.05, 0) is 109 Å². The highest BCUT2D eigenvalue weighted by atomic mass is 35.5. The summed E-state index contributed by atoms with van der Waals surface area (Å²) in [6.45, 7) is 0.508. The van der Waals surface area contributed by atoms with Gasteiger partial charge < -0.3 is 89.3 Å². The number of nitrogens with zero attached hydrogens (tertiary/aromatic N) is 4. The highest BCUT2D eigenvalue weighted by molar-refractivity contribution is 8.76. The van der Waals surface area contributed by atoms with Crippen LogP contribution in [0.3, 0.4) is 0 Å². The monoisotopic (exact) mass is 1450 g/mol. The minimum Gasteiger partial charge on any atom is -0.481 e. The number of nitrogens with one attached hydrogen (secondary N) is 12. The summed E-state index contributed by atoms with van der Waals surface area (Å²) < 4.78 is 0. The Morgan fingerprint density at radius 1 is 0.706 bits per heavy atom. The number of aromatic nitrogens is 6. The molecular formula is C66H69ClN18O15S2. The van der Waals surface area contributed by atoms with Gasteiger partial charge in [0.05, 0.1) is 31.0 Å². The van der Waals surface area contributed by atoms with E-state index in [0.717, 1.165) is 32.7 Å². The fraction of sp³-hybridized carbons (Fsp3) is 0.288. The van der Waals surface area contributed by atoms with E-state index < -0.39 is 114 Å². The summed E-state index contributed by atoms with van der Waals surface area (Å²) in [6.07, 6.45) is 0.0117. The first-order chi connectivity index (χ1) is 48.9. The van der Waals surface area contributed by atoms with Gasteiger partial charge in [-0.1, -0.05) is 45.9 Å². The fourth-order valence-corrected chi connectivity index (χ4v) is 14.0. The van der Waals surface area contributed by atoms with Crippen LogP contribution in [0.1, 0.15) is 98.7 Å². The molecule has 102 heavy (non-hydrogen) atoms. The van der Waals surface area contributed by atoms with Gasteiger partial charge in [0.15, 0.2) is 17.1 Å². The zero-order valence-electron chi connectivity index (χ0n) is 53.8. The third-order valence-electron chi connectivity index (χ3n) is 16.6. The SMILES string of the molecule is N=C(N)NCCC[C@@H](NC(=O)CC[C@@H](NC(=O)c1ccc(NCc2cnc3nc(N)[nH]c(=O)c3n2)cc1)C(=O)O)C(=O)N[C@H](CC(=O)O)C(=O)NC(CSSCCC(=O)Nc1ccc2[nH]c(C(=O)Nc3ccc4[nH]c(C(=O)N5CC(CCl)C6C5=CC(O)c5ccccc56)cc4c3)cc2c1)C(=O)O. The number of aliphatic carboxylic acids is 3. The molecule has 4 aromatic heterocycles. The Labute approximate surface area is 590 Å². The molecule has 10 rings (SSSR count). The van der Waals surface area contributed by atoms with Crippen molar-refractivity contribution < 1.29 is 68.4 Å². The smallest absolute Gasteiger partial charge is 0.327 e. The number of carbonyl (C=O) groups is 10. The number of H-pyrrole nitrogens is 3. The van der Waals surface area contributed by atoms with Crippen molar-refractivity contribution >= 4 is 154 Å². The topological polar surface area (TPSA) is 530 Å². The van der Waals surface area contributed by atoms with E-state index in [-0.39, 0.29) is 90.0 Å². The first-order valence-electron chi connectivity index (χ1n) is 31.7. The Balaban J connectivity index is 0.664. The van der Waals surface area contributed by atoms with Crippen LogP contribution in [0.5, 0.6) is 0 Å². The van der Waals surface area contributed by atoms with Gasteiger partial charge in [-0.25, -0.2) is 19.6 Å². The molecule has 7 atom stereocenters. The van der Waals surface area contributed by atoms with Crippen molar-refractivity contribution in [1.29, 1.82) is 5.41 Å². The van der Waals surface area contributed by atoms with Crippen LogP contribution in [0, 0.1) is 11.3 Å². The second-order valence-electron chi connectivity index (χ2n) is 23.8. The van der Waals surface area contributed by atoms with Crippen molar-refractivity contribution in [3.05, 3.63) is 159 Å². The maximum Gasteiger partial charge on any atom is 0.327 e. The maximum atomic E-state index is 14.1. The van der Waals surface area contributed by atoms with E-state index in [2.05, 4.69) is 72.4 Å². The number of carbonyl (C=O) groups excluding carboxylic acids is 7. The molecule has 8 aromatic rings. The number of aliphatic hydroxyl groups excluding tert-OH is 1. The number of halogens is 1. The van der Waals surface area contributed by atoms with Crippen LogP contribution < -0.4 is 59.6 Å². The number of carboxylic acids is 3.